The van der Waals surface area contributed by atoms with Gasteiger partial charge in [-0.05, 0) is 20.8 Å². The molecule has 0 radical (unpaired) electrons. The summed E-state index contributed by atoms with van der Waals surface area (Å²) in [4.78, 5) is 15.3. The van der Waals surface area contributed by atoms with Gasteiger partial charge in [-0.15, -0.1) is 0 Å². The zero-order valence-corrected chi connectivity index (χ0v) is 8.59. The molecule has 1 aromatic heterocycles. The summed E-state index contributed by atoms with van der Waals surface area (Å²) >= 11 is 0. The standard InChI is InChI=1S/C8H15N5O/c1-4-9-8(14)10-5(2)7-11-6(3)12-13-7/h5H,4H2,1-3H3,(H2,9,10,14)(H,11,12,13). The van der Waals surface area contributed by atoms with Crippen LogP contribution in [0.15, 0.2) is 0 Å². The molecule has 14 heavy (non-hydrogen) atoms. The number of nitrogens with zero attached hydrogens (tertiary/aromatic N) is 2. The minimum Gasteiger partial charge on any atom is -0.338 e. The van der Waals surface area contributed by atoms with Gasteiger partial charge < -0.3 is 10.6 Å². The van der Waals surface area contributed by atoms with Crippen LogP contribution in [-0.2, 0) is 0 Å². The largest absolute Gasteiger partial charge is 0.338 e. The molecular weight excluding hydrogens is 182 g/mol. The van der Waals surface area contributed by atoms with Gasteiger partial charge in [0.05, 0.1) is 6.04 Å². The van der Waals surface area contributed by atoms with Crippen molar-refractivity contribution >= 4 is 6.03 Å². The number of amides is 2. The number of rotatable bonds is 3. The Morgan fingerprint density at radius 1 is 1.64 bits per heavy atom. The molecule has 0 aliphatic rings. The summed E-state index contributed by atoms with van der Waals surface area (Å²) in [5.41, 5.74) is 0. The molecule has 3 N–H and O–H groups in total. The summed E-state index contributed by atoms with van der Waals surface area (Å²) in [5, 5.41) is 12.0. The molecule has 1 unspecified atom stereocenters. The fourth-order valence-corrected chi connectivity index (χ4v) is 1.03. The number of aromatic nitrogens is 3. The van der Waals surface area contributed by atoms with Crippen molar-refractivity contribution in [3.63, 3.8) is 0 Å². The first-order valence-corrected chi connectivity index (χ1v) is 4.56. The smallest absolute Gasteiger partial charge is 0.315 e. The molecule has 0 spiro atoms. The maximum absolute atomic E-state index is 11.1. The van der Waals surface area contributed by atoms with E-state index in [1.807, 2.05) is 20.8 Å². The van der Waals surface area contributed by atoms with E-state index in [0.717, 1.165) is 5.82 Å². The number of aromatic amines is 1. The monoisotopic (exact) mass is 197 g/mol. The van der Waals surface area contributed by atoms with Gasteiger partial charge in [0.2, 0.25) is 0 Å². The predicted octanol–water partition coefficient (Wildman–Crippen LogP) is 0.493. The zero-order chi connectivity index (χ0) is 10.6. The third-order valence-corrected chi connectivity index (χ3v) is 1.69. The van der Waals surface area contributed by atoms with Gasteiger partial charge in [-0.25, -0.2) is 9.78 Å². The first-order valence-electron chi connectivity index (χ1n) is 4.56. The molecule has 1 aromatic rings. The van der Waals surface area contributed by atoms with Crippen molar-refractivity contribution in [1.82, 2.24) is 25.8 Å². The fourth-order valence-electron chi connectivity index (χ4n) is 1.03. The highest BCUT2D eigenvalue weighted by Crippen LogP contribution is 2.04. The van der Waals surface area contributed by atoms with Crippen molar-refractivity contribution in [2.24, 2.45) is 0 Å². The third kappa shape index (κ3) is 2.72. The van der Waals surface area contributed by atoms with Crippen LogP contribution < -0.4 is 10.6 Å². The highest BCUT2D eigenvalue weighted by atomic mass is 16.2. The molecule has 6 nitrogen and oxygen atoms in total. The number of hydrogen-bond donors (Lipinski definition) is 3. The Bertz CT molecular complexity index is 308. The van der Waals surface area contributed by atoms with Gasteiger partial charge in [0.1, 0.15) is 5.82 Å². The highest BCUT2D eigenvalue weighted by molar-refractivity contribution is 5.74. The zero-order valence-electron chi connectivity index (χ0n) is 8.59. The number of aryl methyl sites for hydroxylation is 1. The van der Waals surface area contributed by atoms with Crippen LogP contribution >= 0.6 is 0 Å². The Balaban J connectivity index is 2.50. The van der Waals surface area contributed by atoms with Crippen LogP contribution in [0.25, 0.3) is 0 Å². The lowest BCUT2D eigenvalue weighted by Crippen LogP contribution is -2.37. The van der Waals surface area contributed by atoms with E-state index in [0.29, 0.717) is 12.4 Å². The SMILES string of the molecule is CCNC(=O)NC(C)c1n[nH]c(C)n1. The minimum atomic E-state index is -0.206. The molecule has 0 aliphatic heterocycles. The molecule has 0 fully saturated rings. The van der Waals surface area contributed by atoms with Crippen molar-refractivity contribution in [3.8, 4) is 0 Å². The first kappa shape index (κ1) is 10.5. The second kappa shape index (κ2) is 4.59. The van der Waals surface area contributed by atoms with Crippen LogP contribution in [-0.4, -0.2) is 27.8 Å². The van der Waals surface area contributed by atoms with E-state index in [4.69, 9.17) is 0 Å². The van der Waals surface area contributed by atoms with Crippen LogP contribution in [0.2, 0.25) is 0 Å². The molecule has 1 atom stereocenters. The lowest BCUT2D eigenvalue weighted by atomic mass is 10.3. The Morgan fingerprint density at radius 2 is 2.36 bits per heavy atom. The number of urea groups is 1. The molecule has 0 saturated heterocycles. The van der Waals surface area contributed by atoms with Crippen molar-refractivity contribution in [3.05, 3.63) is 11.6 Å². The number of carbonyl (C=O) groups excluding carboxylic acids is 1. The van der Waals surface area contributed by atoms with Gasteiger partial charge in [0.15, 0.2) is 5.82 Å². The second-order valence-corrected chi connectivity index (χ2v) is 3.00. The maximum atomic E-state index is 11.1. The Labute approximate surface area is 82.5 Å². The number of nitrogens with one attached hydrogen (secondary N) is 3. The van der Waals surface area contributed by atoms with E-state index in [9.17, 15) is 4.79 Å². The normalized spacial score (nSPS) is 12.2. The van der Waals surface area contributed by atoms with Gasteiger partial charge in [-0.2, -0.15) is 5.10 Å². The van der Waals surface area contributed by atoms with E-state index in [1.54, 1.807) is 0 Å². The highest BCUT2D eigenvalue weighted by Gasteiger charge is 2.12. The molecule has 6 heteroatoms. The van der Waals surface area contributed by atoms with Crippen molar-refractivity contribution in [2.75, 3.05) is 6.54 Å². The van der Waals surface area contributed by atoms with Crippen molar-refractivity contribution in [1.29, 1.82) is 0 Å². The summed E-state index contributed by atoms with van der Waals surface area (Å²) in [6.07, 6.45) is 0. The number of hydrogen-bond acceptors (Lipinski definition) is 3. The van der Waals surface area contributed by atoms with E-state index in [1.165, 1.54) is 0 Å². The van der Waals surface area contributed by atoms with Gasteiger partial charge in [0, 0.05) is 6.54 Å². The van der Waals surface area contributed by atoms with Gasteiger partial charge >= 0.3 is 6.03 Å². The molecule has 0 bridgehead atoms. The Hall–Kier alpha value is -1.59. The quantitative estimate of drug-likeness (QED) is 0.659. The van der Waals surface area contributed by atoms with Gasteiger partial charge in [-0.1, -0.05) is 0 Å². The molecule has 1 rings (SSSR count). The third-order valence-electron chi connectivity index (χ3n) is 1.69. The topological polar surface area (TPSA) is 82.7 Å². The molecule has 1 heterocycles. The van der Waals surface area contributed by atoms with E-state index in [-0.39, 0.29) is 12.1 Å². The van der Waals surface area contributed by atoms with Crippen molar-refractivity contribution in [2.45, 2.75) is 26.8 Å². The van der Waals surface area contributed by atoms with Crippen LogP contribution in [0.4, 0.5) is 4.79 Å². The van der Waals surface area contributed by atoms with Crippen molar-refractivity contribution < 1.29 is 4.79 Å². The Kier molecular flexibility index (Phi) is 3.44. The molecule has 78 valence electrons. The van der Waals surface area contributed by atoms with Crippen LogP contribution in [0, 0.1) is 6.92 Å². The Morgan fingerprint density at radius 3 is 2.86 bits per heavy atom. The summed E-state index contributed by atoms with van der Waals surface area (Å²) in [6.45, 7) is 6.11. The molecule has 0 saturated carbocycles. The van der Waals surface area contributed by atoms with Crippen LogP contribution in [0.5, 0.6) is 0 Å². The van der Waals surface area contributed by atoms with Gasteiger partial charge in [-0.3, -0.25) is 5.10 Å². The summed E-state index contributed by atoms with van der Waals surface area (Å²) < 4.78 is 0. The van der Waals surface area contributed by atoms with E-state index < -0.39 is 0 Å². The molecule has 0 aromatic carbocycles. The lowest BCUT2D eigenvalue weighted by Gasteiger charge is -2.10. The summed E-state index contributed by atoms with van der Waals surface area (Å²) in [6, 6.07) is -0.394. The van der Waals surface area contributed by atoms with Gasteiger partial charge in [0.25, 0.3) is 0 Å². The van der Waals surface area contributed by atoms with E-state index >= 15 is 0 Å². The number of H-pyrrole nitrogens is 1. The average Bonchev–Trinajstić information content (AvgIpc) is 2.52. The molecule has 2 amide bonds. The van der Waals surface area contributed by atoms with E-state index in [2.05, 4.69) is 25.8 Å². The fraction of sp³-hybridized carbons (Fsp3) is 0.625. The average molecular weight is 197 g/mol. The minimum absolute atomic E-state index is 0.188. The second-order valence-electron chi connectivity index (χ2n) is 3.00. The van der Waals surface area contributed by atoms with Crippen LogP contribution in [0.3, 0.4) is 0 Å². The number of carbonyl (C=O) groups is 1. The maximum Gasteiger partial charge on any atom is 0.315 e. The summed E-state index contributed by atoms with van der Waals surface area (Å²) in [5.74, 6) is 1.33. The summed E-state index contributed by atoms with van der Waals surface area (Å²) in [7, 11) is 0. The first-order chi connectivity index (χ1) is 6.63. The predicted molar refractivity (Wildman–Crippen MR) is 51.7 cm³/mol. The molecular formula is C8H15N5O. The van der Waals surface area contributed by atoms with Crippen LogP contribution in [0.1, 0.15) is 31.5 Å². The molecule has 0 aliphatic carbocycles. The lowest BCUT2D eigenvalue weighted by molar-refractivity contribution is 0.238.